The van der Waals surface area contributed by atoms with Crippen LogP contribution in [0.5, 0.6) is 0 Å². The van der Waals surface area contributed by atoms with Crippen LogP contribution in [0.1, 0.15) is 27.8 Å². The van der Waals surface area contributed by atoms with Crippen molar-refractivity contribution in [3.63, 3.8) is 0 Å². The predicted molar refractivity (Wildman–Crippen MR) is 214 cm³/mol. The third-order valence-corrected chi connectivity index (χ3v) is 8.72. The molecule has 23 heteroatoms. The first kappa shape index (κ1) is 37.5. The van der Waals surface area contributed by atoms with Gasteiger partial charge in [-0.2, -0.15) is 33.2 Å². The highest BCUT2D eigenvalue weighted by molar-refractivity contribution is 5.89. The van der Waals surface area contributed by atoms with Gasteiger partial charge in [0.25, 0.3) is 0 Å². The molecule has 0 saturated carbocycles. The molecule has 6 aromatic heterocycles. The maximum absolute atomic E-state index is 14.2. The van der Waals surface area contributed by atoms with Gasteiger partial charge in [-0.1, -0.05) is 42.5 Å². The number of anilines is 3. The van der Waals surface area contributed by atoms with Gasteiger partial charge in [0.15, 0.2) is 46.3 Å². The van der Waals surface area contributed by atoms with Crippen LogP contribution >= 0.6 is 0 Å². The molecular weight excluding hydrogens is 799 g/mol. The van der Waals surface area contributed by atoms with E-state index in [9.17, 15) is 22.8 Å². The van der Waals surface area contributed by atoms with Gasteiger partial charge in [-0.05, 0) is 41.5 Å². The van der Waals surface area contributed by atoms with Crippen molar-refractivity contribution in [2.75, 3.05) is 16.3 Å². The van der Waals surface area contributed by atoms with E-state index in [1.165, 1.54) is 60.4 Å². The number of nitrogens with zero attached hydrogens (tertiary/aromatic N) is 13. The number of alkyl halides is 3. The van der Waals surface area contributed by atoms with Gasteiger partial charge in [-0.3, -0.25) is 15.8 Å². The van der Waals surface area contributed by atoms with Gasteiger partial charge in [0, 0.05) is 5.56 Å². The van der Waals surface area contributed by atoms with Gasteiger partial charge >= 0.3 is 12.1 Å². The molecule has 0 spiro atoms. The molecule has 298 valence electrons. The van der Waals surface area contributed by atoms with E-state index in [1.54, 1.807) is 42.5 Å². The standard InChI is InChI=1S/C38H23F4N19/c39-25-10-2-1-8-23(25)16-51-58-32-27-30(46-18-47-32)57-37(53-27)61-19-48-31-28(36(61)60-50-15-22-7-4-9-24(12-22)38(40,41)42)52-34(55-31)35-54-29-26(44-17-45-29)33(56-35)59-49-14-21-6-3-5-20(11-21)13-43/h1-12,14-19H,(H5,44,45,46,47,52,53,54,55,56,57,58,59,60)/p+1. The van der Waals surface area contributed by atoms with Gasteiger partial charge < -0.3 is 9.97 Å². The highest BCUT2D eigenvalue weighted by Gasteiger charge is 2.30. The van der Waals surface area contributed by atoms with Crippen LogP contribution < -0.4 is 20.8 Å². The number of hydrazone groups is 3. The molecule has 0 aliphatic carbocycles. The van der Waals surface area contributed by atoms with E-state index in [0.29, 0.717) is 22.3 Å². The molecule has 0 amide bonds. The van der Waals surface area contributed by atoms with Crippen molar-refractivity contribution in [2.24, 2.45) is 15.3 Å². The maximum atomic E-state index is 14.2. The molecule has 0 bridgehead atoms. The fourth-order valence-corrected chi connectivity index (χ4v) is 5.88. The molecule has 61 heavy (non-hydrogen) atoms. The Morgan fingerprint density at radius 1 is 0.705 bits per heavy atom. The van der Waals surface area contributed by atoms with Gasteiger partial charge in [0.05, 0.1) is 42.2 Å². The van der Waals surface area contributed by atoms with Crippen molar-refractivity contribution >= 4 is 69.6 Å². The first-order valence-electron chi connectivity index (χ1n) is 17.7. The highest BCUT2D eigenvalue weighted by atomic mass is 19.4. The normalized spacial score (nSPS) is 12.0. The zero-order valence-electron chi connectivity index (χ0n) is 30.7. The van der Waals surface area contributed by atoms with Crippen LogP contribution in [0.15, 0.2) is 107 Å². The van der Waals surface area contributed by atoms with E-state index in [2.05, 4.69) is 87.5 Å². The van der Waals surface area contributed by atoms with Gasteiger partial charge in [-0.25, -0.2) is 39.7 Å². The Morgan fingerprint density at radius 2 is 1.48 bits per heavy atom. The number of hydrogen-bond donors (Lipinski definition) is 6. The summed E-state index contributed by atoms with van der Waals surface area (Å²) in [5.41, 5.74) is 10.9. The Bertz CT molecular complexity index is 3230. The largest absolute Gasteiger partial charge is 0.416 e. The van der Waals surface area contributed by atoms with Gasteiger partial charge in [-0.15, -0.1) is 15.1 Å². The summed E-state index contributed by atoms with van der Waals surface area (Å²) in [4.78, 5) is 45.1. The molecule has 19 nitrogen and oxygen atoms in total. The monoisotopic (exact) mass is 822 g/mol. The van der Waals surface area contributed by atoms with E-state index in [-0.39, 0.29) is 68.5 Å². The van der Waals surface area contributed by atoms with E-state index in [4.69, 9.17) is 4.98 Å². The summed E-state index contributed by atoms with van der Waals surface area (Å²) in [6.45, 7) is 0. The second-order valence-corrected chi connectivity index (χ2v) is 12.7. The fraction of sp³-hybridized carbons (Fsp3) is 0.0263. The number of nitrogens with one attached hydrogen (secondary N) is 6. The number of halogens is 4. The zero-order valence-corrected chi connectivity index (χ0v) is 30.7. The highest BCUT2D eigenvalue weighted by Crippen LogP contribution is 2.30. The Labute approximate surface area is 338 Å². The van der Waals surface area contributed by atoms with Gasteiger partial charge in [0.1, 0.15) is 12.1 Å². The van der Waals surface area contributed by atoms with Crippen LogP contribution in [0.3, 0.4) is 0 Å². The van der Waals surface area contributed by atoms with Crippen LogP contribution in [-0.4, -0.2) is 73.5 Å². The first-order chi connectivity index (χ1) is 29.7. The van der Waals surface area contributed by atoms with Crippen molar-refractivity contribution in [1.29, 1.82) is 5.26 Å². The van der Waals surface area contributed by atoms with Crippen molar-refractivity contribution in [2.45, 2.75) is 6.18 Å². The number of aromatic amines is 3. The third-order valence-electron chi connectivity index (χ3n) is 8.72. The smallest absolute Gasteiger partial charge is 0.329 e. The molecule has 0 unspecified atom stereocenters. The van der Waals surface area contributed by atoms with Crippen LogP contribution in [0, 0.1) is 17.1 Å². The number of aromatic nitrogens is 12. The van der Waals surface area contributed by atoms with E-state index in [0.717, 1.165) is 12.1 Å². The minimum atomic E-state index is -4.56. The van der Waals surface area contributed by atoms with Crippen molar-refractivity contribution in [1.82, 2.24) is 54.8 Å². The second-order valence-electron chi connectivity index (χ2n) is 12.7. The van der Waals surface area contributed by atoms with E-state index in [1.807, 2.05) is 0 Å². The second kappa shape index (κ2) is 15.7. The summed E-state index contributed by atoms with van der Waals surface area (Å²) in [5, 5.41) is 21.9. The third kappa shape index (κ3) is 7.81. The quantitative estimate of drug-likeness (QED) is 0.0404. The molecule has 9 aromatic rings. The average molecular weight is 823 g/mol. The minimum Gasteiger partial charge on any atom is -0.329 e. The Hall–Kier alpha value is -9.07. The number of benzene rings is 3. The Morgan fingerprint density at radius 3 is 2.31 bits per heavy atom. The summed E-state index contributed by atoms with van der Waals surface area (Å²) in [5.74, 6) is 0.513. The molecule has 0 fully saturated rings. The average Bonchev–Trinajstić information content (AvgIpc) is 4.04. The molecule has 6 N–H and O–H groups in total. The molecule has 0 saturated heterocycles. The molecule has 9 rings (SSSR count). The van der Waals surface area contributed by atoms with Gasteiger partial charge in [0.2, 0.25) is 22.6 Å². The summed E-state index contributed by atoms with van der Waals surface area (Å²) < 4.78 is 56.1. The van der Waals surface area contributed by atoms with E-state index >= 15 is 0 Å². The van der Waals surface area contributed by atoms with Crippen LogP contribution in [0.4, 0.5) is 35.0 Å². The minimum absolute atomic E-state index is 0.106. The number of nitriles is 1. The number of H-pyrrole nitrogens is 3. The predicted octanol–water partition coefficient (Wildman–Crippen LogP) is 5.60. The molecule has 0 radical (unpaired) electrons. The topological polar surface area (TPSA) is 251 Å². The van der Waals surface area contributed by atoms with Crippen LogP contribution in [-0.2, 0) is 6.18 Å². The zero-order chi connectivity index (χ0) is 41.9. The Balaban J connectivity index is 1.10. The summed E-state index contributed by atoms with van der Waals surface area (Å²) in [6, 6.07) is 19.7. The molecule has 6 heterocycles. The number of hydrogen-bond acceptors (Lipinski definition) is 15. The lowest BCUT2D eigenvalue weighted by Crippen LogP contribution is -2.36. The number of rotatable bonds is 11. The molecule has 0 aliphatic rings. The van der Waals surface area contributed by atoms with Crippen LogP contribution in [0.2, 0.25) is 0 Å². The molecule has 0 atom stereocenters. The fourth-order valence-electron chi connectivity index (χ4n) is 5.88. The maximum Gasteiger partial charge on any atom is 0.416 e. The SMILES string of the molecule is N#Cc1cccc(C=NNc2nc(-c3nc4c(NN=Cc5cccc(C(F)(F)F)c5)[n+](-c5nc6c(NN=Cc7ccccc7F)ncnc6[nH]5)cnc4[nH]3)nc3[nH]cnc23)c1. The molecule has 0 aliphatic heterocycles. The van der Waals surface area contributed by atoms with Crippen molar-refractivity contribution in [3.8, 4) is 23.7 Å². The van der Waals surface area contributed by atoms with E-state index < -0.39 is 17.6 Å². The summed E-state index contributed by atoms with van der Waals surface area (Å²) in [7, 11) is 0. The first-order valence-corrected chi connectivity index (χ1v) is 17.7. The lowest BCUT2D eigenvalue weighted by Gasteiger charge is -2.06. The lowest BCUT2D eigenvalue weighted by molar-refractivity contribution is -0.590. The molecular formula is C38H24F4N19+. The Kier molecular flexibility index (Phi) is 9.65. The summed E-state index contributed by atoms with van der Waals surface area (Å²) in [6.07, 6.45) is 3.57. The molecule has 3 aromatic carbocycles. The number of fused-ring (bicyclic) bond motifs is 3. The van der Waals surface area contributed by atoms with Crippen LogP contribution in [0.25, 0.3) is 51.1 Å². The number of imidazole rings is 3. The van der Waals surface area contributed by atoms with Crippen molar-refractivity contribution < 1.29 is 22.1 Å². The lowest BCUT2D eigenvalue weighted by atomic mass is 10.1. The van der Waals surface area contributed by atoms with Crippen molar-refractivity contribution in [3.05, 3.63) is 125 Å². The summed E-state index contributed by atoms with van der Waals surface area (Å²) >= 11 is 0.